The minimum absolute atomic E-state index is 0.274. The van der Waals surface area contributed by atoms with E-state index in [2.05, 4.69) is 9.97 Å². The molecule has 0 spiro atoms. The molecule has 0 amide bonds. The Balaban J connectivity index is 2.37. The minimum atomic E-state index is -1.06. The molecule has 19 heavy (non-hydrogen) atoms. The second-order valence-electron chi connectivity index (χ2n) is 3.94. The van der Waals surface area contributed by atoms with Gasteiger partial charge in [-0.3, -0.25) is 0 Å². The van der Waals surface area contributed by atoms with Gasteiger partial charge in [-0.25, -0.2) is 19.2 Å². The van der Waals surface area contributed by atoms with Crippen molar-refractivity contribution in [2.75, 3.05) is 0 Å². The van der Waals surface area contributed by atoms with E-state index in [-0.39, 0.29) is 5.82 Å². The summed E-state index contributed by atoms with van der Waals surface area (Å²) in [4.78, 5) is 18.6. The van der Waals surface area contributed by atoms with Gasteiger partial charge in [0.15, 0.2) is 5.82 Å². The third-order valence-electron chi connectivity index (χ3n) is 2.50. The van der Waals surface area contributed by atoms with Crippen LogP contribution in [0, 0.1) is 12.7 Å². The largest absolute Gasteiger partial charge is 0.478 e. The Morgan fingerprint density at radius 3 is 2.84 bits per heavy atom. The van der Waals surface area contributed by atoms with E-state index in [4.69, 9.17) is 5.11 Å². The van der Waals surface area contributed by atoms with Gasteiger partial charge in [0.2, 0.25) is 0 Å². The van der Waals surface area contributed by atoms with Gasteiger partial charge in [0.25, 0.3) is 0 Å². The summed E-state index contributed by atoms with van der Waals surface area (Å²) in [6.07, 6.45) is 3.81. The number of aromatic nitrogens is 2. The smallest absolute Gasteiger partial charge is 0.328 e. The molecule has 2 rings (SSSR count). The van der Waals surface area contributed by atoms with Crippen LogP contribution in [0.25, 0.3) is 17.3 Å². The van der Waals surface area contributed by atoms with E-state index in [0.717, 1.165) is 11.6 Å². The zero-order chi connectivity index (χ0) is 13.8. The van der Waals surface area contributed by atoms with Crippen molar-refractivity contribution in [3.8, 4) is 11.3 Å². The Kier molecular flexibility index (Phi) is 3.66. The molecule has 1 aromatic carbocycles. The number of carboxylic acid groups (broad SMARTS) is 1. The predicted molar refractivity (Wildman–Crippen MR) is 68.8 cm³/mol. The highest BCUT2D eigenvalue weighted by Gasteiger charge is 2.04. The fourth-order valence-corrected chi connectivity index (χ4v) is 1.56. The number of aliphatic carboxylic acids is 1. The first kappa shape index (κ1) is 12.9. The number of carbonyl (C=O) groups is 1. The number of rotatable bonds is 3. The Labute approximate surface area is 109 Å². The number of nitrogens with zero attached hydrogens (tertiary/aromatic N) is 2. The highest BCUT2D eigenvalue weighted by atomic mass is 19.1. The summed E-state index contributed by atoms with van der Waals surface area (Å²) in [5.41, 5.74) is 1.90. The first-order valence-corrected chi connectivity index (χ1v) is 5.57. The maximum absolute atomic E-state index is 13.2. The van der Waals surface area contributed by atoms with Crippen molar-refractivity contribution < 1.29 is 14.3 Å². The van der Waals surface area contributed by atoms with Gasteiger partial charge in [0, 0.05) is 17.8 Å². The average molecular weight is 258 g/mol. The molecule has 0 aliphatic carbocycles. The molecule has 0 atom stereocenters. The molecule has 0 saturated carbocycles. The van der Waals surface area contributed by atoms with Crippen LogP contribution in [0.1, 0.15) is 11.4 Å². The molecule has 0 bridgehead atoms. The second-order valence-corrected chi connectivity index (χ2v) is 3.94. The van der Waals surface area contributed by atoms with Gasteiger partial charge in [0.05, 0.1) is 5.69 Å². The van der Waals surface area contributed by atoms with Crippen LogP contribution in [0.3, 0.4) is 0 Å². The van der Waals surface area contributed by atoms with E-state index in [1.54, 1.807) is 25.1 Å². The Bertz CT molecular complexity index is 654. The van der Waals surface area contributed by atoms with Crippen LogP contribution in [0.2, 0.25) is 0 Å². The molecule has 0 aliphatic heterocycles. The molecule has 2 aromatic rings. The first-order chi connectivity index (χ1) is 9.06. The Hall–Kier alpha value is -2.56. The van der Waals surface area contributed by atoms with Crippen LogP contribution in [-0.2, 0) is 4.79 Å². The van der Waals surface area contributed by atoms with Crippen molar-refractivity contribution in [3.05, 3.63) is 53.7 Å². The molecule has 0 fully saturated rings. The SMILES string of the molecule is Cc1cc(-c2ccnc(/C=C/C(=O)O)n2)ccc1F. The number of benzene rings is 1. The monoisotopic (exact) mass is 258 g/mol. The molecular formula is C14H11FN2O2. The predicted octanol–water partition coefficient (Wildman–Crippen LogP) is 2.69. The zero-order valence-corrected chi connectivity index (χ0v) is 10.2. The third-order valence-corrected chi connectivity index (χ3v) is 2.50. The quantitative estimate of drug-likeness (QED) is 0.860. The van der Waals surface area contributed by atoms with Gasteiger partial charge in [-0.15, -0.1) is 0 Å². The number of hydrogen-bond donors (Lipinski definition) is 1. The molecule has 1 aromatic heterocycles. The van der Waals surface area contributed by atoms with Crippen molar-refractivity contribution in [2.24, 2.45) is 0 Å². The molecule has 0 radical (unpaired) electrons. The second kappa shape index (κ2) is 5.39. The van der Waals surface area contributed by atoms with Gasteiger partial charge in [-0.05, 0) is 42.8 Å². The summed E-state index contributed by atoms with van der Waals surface area (Å²) in [6.45, 7) is 1.67. The van der Waals surface area contributed by atoms with E-state index in [1.807, 2.05) is 0 Å². The van der Waals surface area contributed by atoms with Crippen LogP contribution >= 0.6 is 0 Å². The first-order valence-electron chi connectivity index (χ1n) is 5.57. The Morgan fingerprint density at radius 1 is 1.37 bits per heavy atom. The fraction of sp³-hybridized carbons (Fsp3) is 0.0714. The molecule has 0 saturated heterocycles. The van der Waals surface area contributed by atoms with Gasteiger partial charge in [-0.2, -0.15) is 0 Å². The molecule has 96 valence electrons. The summed E-state index contributed by atoms with van der Waals surface area (Å²) in [6, 6.07) is 6.36. The number of aryl methyl sites for hydroxylation is 1. The molecule has 5 heteroatoms. The summed E-state index contributed by atoms with van der Waals surface area (Å²) < 4.78 is 13.2. The van der Waals surface area contributed by atoms with Crippen LogP contribution in [0.5, 0.6) is 0 Å². The Morgan fingerprint density at radius 2 is 2.16 bits per heavy atom. The third kappa shape index (κ3) is 3.22. The highest BCUT2D eigenvalue weighted by molar-refractivity contribution is 5.84. The van der Waals surface area contributed by atoms with Crippen molar-refractivity contribution in [2.45, 2.75) is 6.92 Å². The summed E-state index contributed by atoms with van der Waals surface area (Å²) in [7, 11) is 0. The molecule has 1 N–H and O–H groups in total. The van der Waals surface area contributed by atoms with E-state index >= 15 is 0 Å². The van der Waals surface area contributed by atoms with Crippen LogP contribution in [-0.4, -0.2) is 21.0 Å². The number of hydrogen-bond acceptors (Lipinski definition) is 3. The molecule has 0 unspecified atom stereocenters. The maximum Gasteiger partial charge on any atom is 0.328 e. The summed E-state index contributed by atoms with van der Waals surface area (Å²) in [5.74, 6) is -1.04. The van der Waals surface area contributed by atoms with Gasteiger partial charge >= 0.3 is 5.97 Å². The lowest BCUT2D eigenvalue weighted by atomic mass is 10.1. The van der Waals surface area contributed by atoms with Crippen molar-refractivity contribution in [1.29, 1.82) is 0 Å². The normalized spacial score (nSPS) is 10.8. The number of carboxylic acids is 1. The van der Waals surface area contributed by atoms with Gasteiger partial charge in [0.1, 0.15) is 5.82 Å². The van der Waals surface area contributed by atoms with E-state index in [9.17, 15) is 9.18 Å². The van der Waals surface area contributed by atoms with Crippen LogP contribution < -0.4 is 0 Å². The van der Waals surface area contributed by atoms with E-state index < -0.39 is 5.97 Å². The minimum Gasteiger partial charge on any atom is -0.478 e. The topological polar surface area (TPSA) is 63.1 Å². The van der Waals surface area contributed by atoms with E-state index in [1.165, 1.54) is 18.3 Å². The van der Waals surface area contributed by atoms with Crippen molar-refractivity contribution in [3.63, 3.8) is 0 Å². The summed E-state index contributed by atoms with van der Waals surface area (Å²) >= 11 is 0. The highest BCUT2D eigenvalue weighted by Crippen LogP contribution is 2.19. The van der Waals surface area contributed by atoms with Crippen LogP contribution in [0.15, 0.2) is 36.5 Å². The van der Waals surface area contributed by atoms with Crippen molar-refractivity contribution >= 4 is 12.0 Å². The zero-order valence-electron chi connectivity index (χ0n) is 10.2. The molecule has 1 heterocycles. The van der Waals surface area contributed by atoms with Gasteiger partial charge < -0.3 is 5.11 Å². The fourth-order valence-electron chi connectivity index (χ4n) is 1.56. The molecule has 0 aliphatic rings. The summed E-state index contributed by atoms with van der Waals surface area (Å²) in [5, 5.41) is 8.54. The molecule has 4 nitrogen and oxygen atoms in total. The lowest BCUT2D eigenvalue weighted by Crippen LogP contribution is -1.93. The maximum atomic E-state index is 13.2. The van der Waals surface area contributed by atoms with Crippen molar-refractivity contribution in [1.82, 2.24) is 9.97 Å². The van der Waals surface area contributed by atoms with Gasteiger partial charge in [-0.1, -0.05) is 0 Å². The van der Waals surface area contributed by atoms with E-state index in [0.29, 0.717) is 17.1 Å². The molecular weight excluding hydrogens is 247 g/mol. The lowest BCUT2D eigenvalue weighted by Gasteiger charge is -2.03. The number of halogens is 1. The van der Waals surface area contributed by atoms with Crippen LogP contribution in [0.4, 0.5) is 4.39 Å². The standard InChI is InChI=1S/C14H11FN2O2/c1-9-8-10(2-3-11(9)15)12-6-7-16-13(17-12)4-5-14(18)19/h2-8H,1H3,(H,18,19)/b5-4+. The lowest BCUT2D eigenvalue weighted by molar-refractivity contribution is -0.131. The average Bonchev–Trinajstić information content (AvgIpc) is 2.40.